The number of carbonyl (C=O) groups excluding carboxylic acids is 2. The first-order chi connectivity index (χ1) is 12.0. The van der Waals surface area contributed by atoms with Gasteiger partial charge in [0.15, 0.2) is 0 Å². The SMILES string of the molecule is COc1cccc(CCNC(=O)CC(=O)Nc2ccc(Cl)cc2Cl)c1. The lowest BCUT2D eigenvalue weighted by atomic mass is 10.1. The Morgan fingerprint density at radius 2 is 1.88 bits per heavy atom. The lowest BCUT2D eigenvalue weighted by molar-refractivity contribution is -0.126. The molecule has 0 spiro atoms. The molecule has 2 N–H and O–H groups in total. The van der Waals surface area contributed by atoms with Crippen molar-refractivity contribution in [3.05, 3.63) is 58.1 Å². The van der Waals surface area contributed by atoms with E-state index < -0.39 is 5.91 Å². The Kier molecular flexibility index (Phi) is 7.10. The van der Waals surface area contributed by atoms with Crippen LogP contribution in [0.3, 0.4) is 0 Å². The summed E-state index contributed by atoms with van der Waals surface area (Å²) in [4.78, 5) is 23.7. The van der Waals surface area contributed by atoms with E-state index in [9.17, 15) is 9.59 Å². The van der Waals surface area contributed by atoms with Crippen molar-refractivity contribution >= 4 is 40.7 Å². The van der Waals surface area contributed by atoms with Crippen molar-refractivity contribution in [1.29, 1.82) is 0 Å². The van der Waals surface area contributed by atoms with Crippen molar-refractivity contribution in [3.8, 4) is 5.75 Å². The van der Waals surface area contributed by atoms with Crippen LogP contribution in [0, 0.1) is 0 Å². The molecular formula is C18H18Cl2N2O3. The van der Waals surface area contributed by atoms with Crippen LogP contribution in [0.4, 0.5) is 5.69 Å². The maximum absolute atomic E-state index is 11.9. The topological polar surface area (TPSA) is 67.4 Å². The van der Waals surface area contributed by atoms with Crippen LogP contribution < -0.4 is 15.4 Å². The maximum atomic E-state index is 11.9. The van der Waals surface area contributed by atoms with Crippen LogP contribution in [0.1, 0.15) is 12.0 Å². The second-order valence-corrected chi connectivity index (χ2v) is 6.14. The molecule has 0 saturated heterocycles. The van der Waals surface area contributed by atoms with Gasteiger partial charge in [0.05, 0.1) is 17.8 Å². The first-order valence-corrected chi connectivity index (χ1v) is 8.38. The van der Waals surface area contributed by atoms with Gasteiger partial charge in [-0.15, -0.1) is 0 Å². The van der Waals surface area contributed by atoms with Crippen molar-refractivity contribution < 1.29 is 14.3 Å². The highest BCUT2D eigenvalue weighted by Crippen LogP contribution is 2.25. The molecule has 0 aliphatic heterocycles. The first kappa shape index (κ1) is 19.1. The number of ether oxygens (including phenoxy) is 1. The van der Waals surface area contributed by atoms with Crippen LogP contribution in [-0.2, 0) is 16.0 Å². The van der Waals surface area contributed by atoms with E-state index in [1.54, 1.807) is 19.2 Å². The minimum atomic E-state index is -0.442. The Morgan fingerprint density at radius 1 is 1.08 bits per heavy atom. The number of amides is 2. The predicted molar refractivity (Wildman–Crippen MR) is 99.4 cm³/mol. The summed E-state index contributed by atoms with van der Waals surface area (Å²) in [5, 5.41) is 6.09. The predicted octanol–water partition coefficient (Wildman–Crippen LogP) is 3.69. The number of halogens is 2. The number of nitrogens with one attached hydrogen (secondary N) is 2. The summed E-state index contributed by atoms with van der Waals surface area (Å²) in [7, 11) is 1.60. The van der Waals surface area contributed by atoms with Crippen LogP contribution in [-0.4, -0.2) is 25.5 Å². The molecule has 0 bridgehead atoms. The molecule has 132 valence electrons. The summed E-state index contributed by atoms with van der Waals surface area (Å²) < 4.78 is 5.15. The number of hydrogen-bond donors (Lipinski definition) is 2. The van der Waals surface area contributed by atoms with E-state index in [0.29, 0.717) is 28.7 Å². The fraction of sp³-hybridized carbons (Fsp3) is 0.222. The molecule has 2 amide bonds. The third-order valence-corrected chi connectivity index (χ3v) is 3.94. The second kappa shape index (κ2) is 9.30. The molecule has 0 aromatic heterocycles. The molecule has 0 aliphatic carbocycles. The summed E-state index contributed by atoms with van der Waals surface area (Å²) >= 11 is 11.8. The lowest BCUT2D eigenvalue weighted by Gasteiger charge is -2.09. The molecule has 7 heteroatoms. The zero-order valence-corrected chi connectivity index (χ0v) is 15.2. The van der Waals surface area contributed by atoms with Gasteiger partial charge in [0.1, 0.15) is 12.2 Å². The molecule has 2 rings (SSSR count). The number of rotatable bonds is 7. The fourth-order valence-corrected chi connectivity index (χ4v) is 2.62. The molecule has 0 fully saturated rings. The summed E-state index contributed by atoms with van der Waals surface area (Å²) in [5.74, 6) is -0.0309. The summed E-state index contributed by atoms with van der Waals surface area (Å²) in [6, 6.07) is 12.3. The normalized spacial score (nSPS) is 10.2. The van der Waals surface area contributed by atoms with Gasteiger partial charge in [-0.05, 0) is 42.3 Å². The molecule has 2 aromatic carbocycles. The van der Waals surface area contributed by atoms with Crippen molar-refractivity contribution in [2.45, 2.75) is 12.8 Å². The summed E-state index contributed by atoms with van der Waals surface area (Å²) in [6.07, 6.45) is 0.366. The third kappa shape index (κ3) is 6.29. The Morgan fingerprint density at radius 3 is 2.60 bits per heavy atom. The van der Waals surface area contributed by atoms with Crippen LogP contribution in [0.2, 0.25) is 10.0 Å². The van der Waals surface area contributed by atoms with Crippen LogP contribution in [0.25, 0.3) is 0 Å². The van der Waals surface area contributed by atoms with Crippen molar-refractivity contribution in [2.75, 3.05) is 19.0 Å². The van der Waals surface area contributed by atoms with Crippen LogP contribution >= 0.6 is 23.2 Å². The van der Waals surface area contributed by atoms with Crippen molar-refractivity contribution in [3.63, 3.8) is 0 Å². The van der Waals surface area contributed by atoms with Gasteiger partial charge in [-0.1, -0.05) is 35.3 Å². The van der Waals surface area contributed by atoms with Crippen molar-refractivity contribution in [2.24, 2.45) is 0 Å². The van der Waals surface area contributed by atoms with E-state index in [4.69, 9.17) is 27.9 Å². The van der Waals surface area contributed by atoms with E-state index >= 15 is 0 Å². The highest BCUT2D eigenvalue weighted by molar-refractivity contribution is 6.36. The lowest BCUT2D eigenvalue weighted by Crippen LogP contribution is -2.29. The Labute approximate surface area is 156 Å². The van der Waals surface area contributed by atoms with Gasteiger partial charge in [0.25, 0.3) is 0 Å². The largest absolute Gasteiger partial charge is 0.497 e. The standard InChI is InChI=1S/C18H18Cl2N2O3/c1-25-14-4-2-3-12(9-14)7-8-21-17(23)11-18(24)22-16-6-5-13(19)10-15(16)20/h2-6,9-10H,7-8,11H2,1H3,(H,21,23)(H,22,24). The maximum Gasteiger partial charge on any atom is 0.233 e. The second-order valence-electron chi connectivity index (χ2n) is 5.30. The van der Waals surface area contributed by atoms with Crippen LogP contribution in [0.5, 0.6) is 5.75 Å². The molecule has 5 nitrogen and oxygen atoms in total. The molecule has 25 heavy (non-hydrogen) atoms. The smallest absolute Gasteiger partial charge is 0.233 e. The molecule has 0 saturated carbocycles. The molecule has 2 aromatic rings. The Bertz CT molecular complexity index is 766. The van der Waals surface area contributed by atoms with Gasteiger partial charge >= 0.3 is 0 Å². The monoisotopic (exact) mass is 380 g/mol. The number of anilines is 1. The molecule has 0 atom stereocenters. The van der Waals surface area contributed by atoms with Gasteiger partial charge in [-0.3, -0.25) is 9.59 Å². The summed E-state index contributed by atoms with van der Waals surface area (Å²) in [6.45, 7) is 0.432. The first-order valence-electron chi connectivity index (χ1n) is 7.62. The van der Waals surface area contributed by atoms with Gasteiger partial charge in [-0.25, -0.2) is 0 Å². The average molecular weight is 381 g/mol. The molecule has 0 unspecified atom stereocenters. The quantitative estimate of drug-likeness (QED) is 0.719. The average Bonchev–Trinajstić information content (AvgIpc) is 2.57. The van der Waals surface area contributed by atoms with E-state index in [0.717, 1.165) is 11.3 Å². The third-order valence-electron chi connectivity index (χ3n) is 3.40. The van der Waals surface area contributed by atoms with Crippen LogP contribution in [0.15, 0.2) is 42.5 Å². The van der Waals surface area contributed by atoms with E-state index in [1.807, 2.05) is 24.3 Å². The molecule has 0 radical (unpaired) electrons. The Balaban J connectivity index is 1.76. The number of methoxy groups -OCH3 is 1. The summed E-state index contributed by atoms with van der Waals surface area (Å²) in [5.41, 5.74) is 1.46. The number of benzene rings is 2. The van der Waals surface area contributed by atoms with E-state index in [1.165, 1.54) is 6.07 Å². The van der Waals surface area contributed by atoms with Gasteiger partial charge in [-0.2, -0.15) is 0 Å². The highest BCUT2D eigenvalue weighted by atomic mass is 35.5. The molecule has 0 heterocycles. The van der Waals surface area contributed by atoms with Gasteiger partial charge < -0.3 is 15.4 Å². The van der Waals surface area contributed by atoms with Crippen molar-refractivity contribution in [1.82, 2.24) is 5.32 Å². The van der Waals surface area contributed by atoms with Gasteiger partial charge in [0, 0.05) is 11.6 Å². The fourth-order valence-electron chi connectivity index (χ4n) is 2.17. The van der Waals surface area contributed by atoms with Gasteiger partial charge in [0.2, 0.25) is 11.8 Å². The molecular weight excluding hydrogens is 363 g/mol. The zero-order chi connectivity index (χ0) is 18.2. The molecule has 0 aliphatic rings. The Hall–Kier alpha value is -2.24. The highest BCUT2D eigenvalue weighted by Gasteiger charge is 2.11. The minimum absolute atomic E-state index is 0.281. The number of carbonyl (C=O) groups is 2. The van der Waals surface area contributed by atoms with E-state index in [-0.39, 0.29) is 12.3 Å². The zero-order valence-electron chi connectivity index (χ0n) is 13.6. The number of hydrogen-bond acceptors (Lipinski definition) is 3. The minimum Gasteiger partial charge on any atom is -0.497 e. The van der Waals surface area contributed by atoms with E-state index in [2.05, 4.69) is 10.6 Å².